The van der Waals surface area contributed by atoms with Crippen LogP contribution < -0.4 is 5.32 Å². The lowest BCUT2D eigenvalue weighted by atomic mass is 9.92. The standard InChI is InChI=1S/C21H17ClN2O2/c1-21(17-11-4-5-12-18(17)22)19(25)24(20(26)23-21)13-15-9-6-8-14-7-2-3-10-16(14)15/h2-12H,13H2,1H3,(H,23,26)/t21-/m0/s1. The van der Waals surface area contributed by atoms with Crippen LogP contribution in [-0.4, -0.2) is 16.8 Å². The third kappa shape index (κ3) is 2.54. The number of fused-ring (bicyclic) bond motifs is 1. The van der Waals surface area contributed by atoms with Crippen LogP contribution in [0, 0.1) is 0 Å². The lowest BCUT2D eigenvalue weighted by Gasteiger charge is -2.23. The molecule has 0 bridgehead atoms. The Balaban J connectivity index is 1.71. The molecule has 0 aliphatic carbocycles. The topological polar surface area (TPSA) is 49.4 Å². The zero-order valence-electron chi connectivity index (χ0n) is 14.2. The summed E-state index contributed by atoms with van der Waals surface area (Å²) in [4.78, 5) is 26.9. The molecule has 0 aromatic heterocycles. The van der Waals surface area contributed by atoms with Crippen LogP contribution in [0.3, 0.4) is 0 Å². The number of amides is 3. The van der Waals surface area contributed by atoms with Crippen molar-refractivity contribution in [3.8, 4) is 0 Å². The van der Waals surface area contributed by atoms with Gasteiger partial charge in [0.05, 0.1) is 6.54 Å². The molecule has 4 nitrogen and oxygen atoms in total. The van der Waals surface area contributed by atoms with Crippen molar-refractivity contribution in [3.63, 3.8) is 0 Å². The number of halogens is 1. The largest absolute Gasteiger partial charge is 0.325 e. The van der Waals surface area contributed by atoms with Gasteiger partial charge in [-0.2, -0.15) is 0 Å². The molecule has 1 heterocycles. The van der Waals surface area contributed by atoms with Crippen LogP contribution in [0.1, 0.15) is 18.1 Å². The molecule has 1 atom stereocenters. The molecule has 4 rings (SSSR count). The third-order valence-corrected chi connectivity index (χ3v) is 5.23. The van der Waals surface area contributed by atoms with Gasteiger partial charge in [-0.3, -0.25) is 9.69 Å². The predicted octanol–water partition coefficient (Wildman–Crippen LogP) is 4.46. The van der Waals surface area contributed by atoms with Crippen LogP contribution in [0.5, 0.6) is 0 Å². The van der Waals surface area contributed by atoms with E-state index in [1.807, 2.05) is 42.5 Å². The summed E-state index contributed by atoms with van der Waals surface area (Å²) in [6.45, 7) is 1.91. The zero-order valence-corrected chi connectivity index (χ0v) is 15.0. The number of rotatable bonds is 3. The van der Waals surface area contributed by atoms with E-state index in [1.54, 1.807) is 31.2 Å². The number of benzene rings is 3. The van der Waals surface area contributed by atoms with E-state index in [-0.39, 0.29) is 12.5 Å². The fourth-order valence-corrected chi connectivity index (χ4v) is 3.82. The van der Waals surface area contributed by atoms with Crippen LogP contribution in [0.15, 0.2) is 66.7 Å². The van der Waals surface area contributed by atoms with Gasteiger partial charge in [0, 0.05) is 10.6 Å². The number of imide groups is 1. The van der Waals surface area contributed by atoms with E-state index < -0.39 is 11.6 Å². The van der Waals surface area contributed by atoms with E-state index in [4.69, 9.17) is 11.6 Å². The maximum absolute atomic E-state index is 13.1. The average Bonchev–Trinajstić information content (AvgIpc) is 2.86. The summed E-state index contributed by atoms with van der Waals surface area (Å²) >= 11 is 6.27. The molecule has 5 heteroatoms. The Hall–Kier alpha value is -2.85. The maximum atomic E-state index is 13.1. The van der Waals surface area contributed by atoms with Crippen molar-refractivity contribution < 1.29 is 9.59 Å². The van der Waals surface area contributed by atoms with E-state index in [0.717, 1.165) is 16.3 Å². The molecule has 0 radical (unpaired) electrons. The highest BCUT2D eigenvalue weighted by Crippen LogP contribution is 2.34. The molecule has 0 spiro atoms. The second-order valence-electron chi connectivity index (χ2n) is 6.56. The summed E-state index contributed by atoms with van der Waals surface area (Å²) in [5, 5.41) is 5.37. The fourth-order valence-electron chi connectivity index (χ4n) is 3.49. The van der Waals surface area contributed by atoms with Crippen molar-refractivity contribution in [1.82, 2.24) is 10.2 Å². The van der Waals surface area contributed by atoms with Crippen molar-refractivity contribution in [1.29, 1.82) is 0 Å². The highest BCUT2D eigenvalue weighted by molar-refractivity contribution is 6.32. The fraction of sp³-hybridized carbons (Fsp3) is 0.143. The molecular weight excluding hydrogens is 348 g/mol. The summed E-state index contributed by atoms with van der Waals surface area (Å²) in [6.07, 6.45) is 0. The predicted molar refractivity (Wildman–Crippen MR) is 102 cm³/mol. The molecule has 1 fully saturated rings. The van der Waals surface area contributed by atoms with E-state index in [2.05, 4.69) is 5.32 Å². The van der Waals surface area contributed by atoms with E-state index in [0.29, 0.717) is 10.6 Å². The Bertz CT molecular complexity index is 1030. The number of carbonyl (C=O) groups is 2. The zero-order chi connectivity index (χ0) is 18.3. The Morgan fingerprint density at radius 2 is 1.65 bits per heavy atom. The summed E-state index contributed by atoms with van der Waals surface area (Å²) < 4.78 is 0. The van der Waals surface area contributed by atoms with Crippen molar-refractivity contribution in [2.45, 2.75) is 19.0 Å². The second-order valence-corrected chi connectivity index (χ2v) is 6.97. The number of carbonyl (C=O) groups excluding carboxylic acids is 2. The van der Waals surface area contributed by atoms with Gasteiger partial charge >= 0.3 is 6.03 Å². The molecule has 3 aromatic carbocycles. The van der Waals surface area contributed by atoms with Crippen LogP contribution in [-0.2, 0) is 16.9 Å². The average molecular weight is 365 g/mol. The minimum Gasteiger partial charge on any atom is -0.319 e. The molecule has 1 saturated heterocycles. The molecule has 3 amide bonds. The highest BCUT2D eigenvalue weighted by atomic mass is 35.5. The quantitative estimate of drug-likeness (QED) is 0.697. The Morgan fingerprint density at radius 1 is 0.962 bits per heavy atom. The van der Waals surface area contributed by atoms with Gasteiger partial charge in [0.1, 0.15) is 5.54 Å². The van der Waals surface area contributed by atoms with Gasteiger partial charge in [-0.05, 0) is 29.3 Å². The molecule has 1 aliphatic heterocycles. The Kier molecular flexibility index (Phi) is 3.93. The molecule has 0 unspecified atom stereocenters. The minimum atomic E-state index is -1.17. The maximum Gasteiger partial charge on any atom is 0.325 e. The van der Waals surface area contributed by atoms with Crippen molar-refractivity contribution in [2.24, 2.45) is 0 Å². The van der Waals surface area contributed by atoms with E-state index in [1.165, 1.54) is 4.90 Å². The number of urea groups is 1. The highest BCUT2D eigenvalue weighted by Gasteiger charge is 2.49. The minimum absolute atomic E-state index is 0.214. The molecule has 1 aliphatic rings. The van der Waals surface area contributed by atoms with Crippen LogP contribution in [0.4, 0.5) is 4.79 Å². The van der Waals surface area contributed by atoms with Crippen molar-refractivity contribution in [2.75, 3.05) is 0 Å². The molecule has 26 heavy (non-hydrogen) atoms. The first kappa shape index (κ1) is 16.6. The van der Waals surface area contributed by atoms with Crippen LogP contribution >= 0.6 is 11.6 Å². The van der Waals surface area contributed by atoms with Crippen LogP contribution in [0.2, 0.25) is 5.02 Å². The van der Waals surface area contributed by atoms with Crippen molar-refractivity contribution >= 4 is 34.3 Å². The number of hydrogen-bond acceptors (Lipinski definition) is 2. The lowest BCUT2D eigenvalue weighted by molar-refractivity contribution is -0.131. The van der Waals surface area contributed by atoms with Gasteiger partial charge in [0.25, 0.3) is 5.91 Å². The van der Waals surface area contributed by atoms with Crippen LogP contribution in [0.25, 0.3) is 10.8 Å². The number of hydrogen-bond donors (Lipinski definition) is 1. The SMILES string of the molecule is C[C@@]1(c2ccccc2Cl)NC(=O)N(Cc2cccc3ccccc23)C1=O. The van der Waals surface area contributed by atoms with Gasteiger partial charge < -0.3 is 5.32 Å². The van der Waals surface area contributed by atoms with Gasteiger partial charge in [0.15, 0.2) is 0 Å². The molecule has 1 N–H and O–H groups in total. The first-order valence-corrected chi connectivity index (χ1v) is 8.74. The third-order valence-electron chi connectivity index (χ3n) is 4.90. The molecular formula is C21H17ClN2O2. The first-order valence-electron chi connectivity index (χ1n) is 8.36. The van der Waals surface area contributed by atoms with Gasteiger partial charge in [0.2, 0.25) is 0 Å². The summed E-state index contributed by atoms with van der Waals surface area (Å²) in [7, 11) is 0. The normalized spacial score (nSPS) is 19.8. The van der Waals surface area contributed by atoms with E-state index >= 15 is 0 Å². The van der Waals surface area contributed by atoms with E-state index in [9.17, 15) is 9.59 Å². The second kappa shape index (κ2) is 6.15. The van der Waals surface area contributed by atoms with Gasteiger partial charge in [-0.15, -0.1) is 0 Å². The summed E-state index contributed by atoms with van der Waals surface area (Å²) in [6, 6.07) is 20.5. The number of nitrogens with zero attached hydrogens (tertiary/aromatic N) is 1. The van der Waals surface area contributed by atoms with Gasteiger partial charge in [-0.25, -0.2) is 4.79 Å². The number of nitrogens with one attached hydrogen (secondary N) is 1. The lowest BCUT2D eigenvalue weighted by Crippen LogP contribution is -2.41. The molecule has 130 valence electrons. The van der Waals surface area contributed by atoms with Crippen molar-refractivity contribution in [3.05, 3.63) is 82.9 Å². The summed E-state index contributed by atoms with van der Waals surface area (Å²) in [5.41, 5.74) is 0.357. The Labute approximate surface area is 156 Å². The smallest absolute Gasteiger partial charge is 0.319 e. The van der Waals surface area contributed by atoms with Gasteiger partial charge in [-0.1, -0.05) is 72.3 Å². The first-order chi connectivity index (χ1) is 12.5. The Morgan fingerprint density at radius 3 is 2.46 bits per heavy atom. The summed E-state index contributed by atoms with van der Waals surface area (Å²) in [5.74, 6) is -0.302. The molecule has 0 saturated carbocycles. The molecule has 3 aromatic rings. The monoisotopic (exact) mass is 364 g/mol.